The largest absolute Gasteiger partial charge is 0.497 e. The number of nitrogens with zero attached hydrogens (tertiary/aromatic N) is 3. The Balaban J connectivity index is 2.14. The summed E-state index contributed by atoms with van der Waals surface area (Å²) in [6.07, 6.45) is 3.19. The third-order valence-electron chi connectivity index (χ3n) is 4.28. The van der Waals surface area contributed by atoms with Crippen LogP contribution in [0.1, 0.15) is 33.3 Å². The van der Waals surface area contributed by atoms with E-state index in [4.69, 9.17) is 9.31 Å². The summed E-state index contributed by atoms with van der Waals surface area (Å²) >= 11 is 0. The van der Waals surface area contributed by atoms with E-state index < -0.39 is 18.3 Å². The Labute approximate surface area is 124 Å². The maximum atomic E-state index is 9.18. The lowest BCUT2D eigenvalue weighted by molar-refractivity contribution is 0.00578. The van der Waals surface area contributed by atoms with Crippen LogP contribution in [-0.2, 0) is 9.31 Å². The normalized spacial score (nSPS) is 19.7. The Kier molecular flexibility index (Phi) is 3.01. The van der Waals surface area contributed by atoms with Crippen LogP contribution in [0.15, 0.2) is 24.5 Å². The van der Waals surface area contributed by atoms with Crippen molar-refractivity contribution in [3.8, 4) is 6.07 Å². The van der Waals surface area contributed by atoms with E-state index in [1.54, 1.807) is 18.5 Å². The van der Waals surface area contributed by atoms with Gasteiger partial charge in [-0.05, 0) is 33.8 Å². The van der Waals surface area contributed by atoms with E-state index in [0.29, 0.717) is 16.6 Å². The Morgan fingerprint density at radius 2 is 1.57 bits per heavy atom. The van der Waals surface area contributed by atoms with E-state index in [2.05, 4.69) is 16.0 Å². The van der Waals surface area contributed by atoms with Crippen molar-refractivity contribution < 1.29 is 9.31 Å². The number of benzene rings is 1. The number of aromatic nitrogens is 2. The highest BCUT2D eigenvalue weighted by Crippen LogP contribution is 2.36. The highest BCUT2D eigenvalue weighted by atomic mass is 16.7. The number of hydrogen-bond donors (Lipinski definition) is 0. The molecule has 2 heterocycles. The maximum absolute atomic E-state index is 9.18. The zero-order valence-corrected chi connectivity index (χ0v) is 12.5. The van der Waals surface area contributed by atoms with Crippen LogP contribution in [0, 0.1) is 11.3 Å². The molecule has 1 aliphatic heterocycles. The van der Waals surface area contributed by atoms with Crippen molar-refractivity contribution in [3.63, 3.8) is 0 Å². The standard InChI is InChI=1S/C15H16BN3O2/c1-14(2)15(3,4)21-16(20-14)11-6-5-10(9-17)12-13(11)19-8-7-18-12/h5-8H,1-4H3. The van der Waals surface area contributed by atoms with Crippen LogP contribution in [-0.4, -0.2) is 28.3 Å². The lowest BCUT2D eigenvalue weighted by atomic mass is 9.77. The van der Waals surface area contributed by atoms with Crippen LogP contribution in [0.25, 0.3) is 11.0 Å². The molecule has 0 saturated carbocycles. The Morgan fingerprint density at radius 1 is 1.00 bits per heavy atom. The van der Waals surface area contributed by atoms with Crippen LogP contribution in [0.4, 0.5) is 0 Å². The fourth-order valence-electron chi connectivity index (χ4n) is 2.33. The Hall–Kier alpha value is -1.97. The van der Waals surface area contributed by atoms with Crippen molar-refractivity contribution in [3.05, 3.63) is 30.1 Å². The molecule has 2 aromatic rings. The molecule has 0 spiro atoms. The smallest absolute Gasteiger partial charge is 0.399 e. The fourth-order valence-corrected chi connectivity index (χ4v) is 2.33. The van der Waals surface area contributed by atoms with Crippen molar-refractivity contribution in [1.82, 2.24) is 9.97 Å². The molecule has 0 amide bonds. The highest BCUT2D eigenvalue weighted by molar-refractivity contribution is 6.64. The molecule has 3 rings (SSSR count). The second kappa shape index (κ2) is 4.52. The quantitative estimate of drug-likeness (QED) is 0.745. The first-order valence-electron chi connectivity index (χ1n) is 6.85. The van der Waals surface area contributed by atoms with Crippen molar-refractivity contribution in [2.45, 2.75) is 38.9 Å². The van der Waals surface area contributed by atoms with Gasteiger partial charge in [-0.2, -0.15) is 5.26 Å². The molecule has 0 unspecified atom stereocenters. The lowest BCUT2D eigenvalue weighted by Crippen LogP contribution is -2.41. The minimum Gasteiger partial charge on any atom is -0.399 e. The first-order valence-corrected chi connectivity index (χ1v) is 6.85. The van der Waals surface area contributed by atoms with Gasteiger partial charge < -0.3 is 9.31 Å². The molecule has 0 radical (unpaired) electrons. The van der Waals surface area contributed by atoms with Gasteiger partial charge >= 0.3 is 7.12 Å². The van der Waals surface area contributed by atoms with Gasteiger partial charge in [0.25, 0.3) is 0 Å². The SMILES string of the molecule is CC1(C)OB(c2ccc(C#N)c3nccnc23)OC1(C)C. The van der Waals surface area contributed by atoms with Gasteiger partial charge in [0.05, 0.1) is 22.3 Å². The molecular weight excluding hydrogens is 265 g/mol. The van der Waals surface area contributed by atoms with E-state index >= 15 is 0 Å². The molecule has 1 saturated heterocycles. The third kappa shape index (κ3) is 2.10. The highest BCUT2D eigenvalue weighted by Gasteiger charge is 2.52. The topological polar surface area (TPSA) is 68.0 Å². The van der Waals surface area contributed by atoms with Crippen LogP contribution in [0.2, 0.25) is 0 Å². The van der Waals surface area contributed by atoms with Gasteiger partial charge in [0.15, 0.2) is 0 Å². The zero-order chi connectivity index (χ0) is 15.3. The van der Waals surface area contributed by atoms with E-state index in [9.17, 15) is 5.26 Å². The first kappa shape index (κ1) is 14.0. The minimum absolute atomic E-state index is 0.417. The fraction of sp³-hybridized carbons (Fsp3) is 0.400. The van der Waals surface area contributed by atoms with E-state index in [1.807, 2.05) is 33.8 Å². The molecule has 0 N–H and O–H groups in total. The first-order chi connectivity index (χ1) is 9.86. The van der Waals surface area contributed by atoms with E-state index in [0.717, 1.165) is 5.46 Å². The van der Waals surface area contributed by atoms with Crippen LogP contribution in [0.5, 0.6) is 0 Å². The number of rotatable bonds is 1. The molecule has 6 heteroatoms. The summed E-state index contributed by atoms with van der Waals surface area (Å²) in [6.45, 7) is 8.02. The Morgan fingerprint density at radius 3 is 2.14 bits per heavy atom. The third-order valence-corrected chi connectivity index (χ3v) is 4.28. The maximum Gasteiger partial charge on any atom is 0.497 e. The van der Waals surface area contributed by atoms with Gasteiger partial charge in [0.1, 0.15) is 11.6 Å². The molecular formula is C15H16BN3O2. The van der Waals surface area contributed by atoms with Crippen molar-refractivity contribution in [1.29, 1.82) is 5.26 Å². The summed E-state index contributed by atoms with van der Waals surface area (Å²) in [6, 6.07) is 5.70. The summed E-state index contributed by atoms with van der Waals surface area (Å²) in [5, 5.41) is 9.18. The molecule has 0 aliphatic carbocycles. The zero-order valence-electron chi connectivity index (χ0n) is 12.5. The molecule has 1 fully saturated rings. The molecule has 5 nitrogen and oxygen atoms in total. The second-order valence-electron chi connectivity index (χ2n) is 6.16. The number of fused-ring (bicyclic) bond motifs is 1. The van der Waals surface area contributed by atoms with Crippen LogP contribution < -0.4 is 5.46 Å². The average Bonchev–Trinajstić information content (AvgIpc) is 2.66. The van der Waals surface area contributed by atoms with Gasteiger partial charge in [-0.25, -0.2) is 0 Å². The van der Waals surface area contributed by atoms with Crippen LogP contribution in [0.3, 0.4) is 0 Å². The van der Waals surface area contributed by atoms with E-state index in [1.165, 1.54) is 0 Å². The molecule has 0 atom stereocenters. The molecule has 1 aromatic heterocycles. The van der Waals surface area contributed by atoms with Gasteiger partial charge in [-0.1, -0.05) is 6.07 Å². The summed E-state index contributed by atoms with van der Waals surface area (Å²) in [5.41, 5.74) is 1.69. The summed E-state index contributed by atoms with van der Waals surface area (Å²) in [7, 11) is -0.512. The molecule has 106 valence electrons. The molecule has 21 heavy (non-hydrogen) atoms. The summed E-state index contributed by atoms with van der Waals surface area (Å²) in [4.78, 5) is 8.62. The average molecular weight is 281 g/mol. The van der Waals surface area contributed by atoms with Crippen molar-refractivity contribution in [2.75, 3.05) is 0 Å². The monoisotopic (exact) mass is 281 g/mol. The summed E-state index contributed by atoms with van der Waals surface area (Å²) in [5.74, 6) is 0. The number of hydrogen-bond acceptors (Lipinski definition) is 5. The van der Waals surface area contributed by atoms with E-state index in [-0.39, 0.29) is 0 Å². The minimum atomic E-state index is -0.512. The van der Waals surface area contributed by atoms with Gasteiger partial charge in [-0.15, -0.1) is 0 Å². The van der Waals surface area contributed by atoms with Gasteiger partial charge in [0, 0.05) is 17.9 Å². The Bertz CT molecular complexity index is 736. The second-order valence-corrected chi connectivity index (χ2v) is 6.16. The molecule has 1 aromatic carbocycles. The van der Waals surface area contributed by atoms with Gasteiger partial charge in [0.2, 0.25) is 0 Å². The predicted molar refractivity (Wildman–Crippen MR) is 80.0 cm³/mol. The van der Waals surface area contributed by atoms with Gasteiger partial charge in [-0.3, -0.25) is 9.97 Å². The van der Waals surface area contributed by atoms with Crippen molar-refractivity contribution in [2.24, 2.45) is 0 Å². The predicted octanol–water partition coefficient (Wildman–Crippen LogP) is 1.80. The molecule has 1 aliphatic rings. The van der Waals surface area contributed by atoms with Crippen molar-refractivity contribution >= 4 is 23.6 Å². The molecule has 0 bridgehead atoms. The lowest BCUT2D eigenvalue weighted by Gasteiger charge is -2.32. The number of nitriles is 1. The van der Waals surface area contributed by atoms with Crippen LogP contribution >= 0.6 is 0 Å². The summed E-state index contributed by atoms with van der Waals surface area (Å²) < 4.78 is 12.1.